The molecule has 5 nitrogen and oxygen atoms in total. The van der Waals surface area contributed by atoms with E-state index in [1.165, 1.54) is 0 Å². The van der Waals surface area contributed by atoms with Gasteiger partial charge >= 0.3 is 0 Å². The van der Waals surface area contributed by atoms with Gasteiger partial charge in [0.1, 0.15) is 0 Å². The summed E-state index contributed by atoms with van der Waals surface area (Å²) in [4.78, 5) is 0. The summed E-state index contributed by atoms with van der Waals surface area (Å²) in [6.45, 7) is 4.91. The van der Waals surface area contributed by atoms with E-state index in [9.17, 15) is 0 Å². The summed E-state index contributed by atoms with van der Waals surface area (Å²) in [5.41, 5.74) is 0.826. The van der Waals surface area contributed by atoms with Crippen LogP contribution in [0.25, 0.3) is 5.69 Å². The zero-order valence-electron chi connectivity index (χ0n) is 10.1. The van der Waals surface area contributed by atoms with Gasteiger partial charge in [-0.2, -0.15) is 4.68 Å². The van der Waals surface area contributed by atoms with E-state index in [-0.39, 0.29) is 6.04 Å². The fourth-order valence-electron chi connectivity index (χ4n) is 1.68. The molecule has 18 heavy (non-hydrogen) atoms. The summed E-state index contributed by atoms with van der Waals surface area (Å²) in [5, 5.41) is 15.7. The molecule has 96 valence electrons. The van der Waals surface area contributed by atoms with E-state index in [0.717, 1.165) is 22.5 Å². The second-order valence-electron chi connectivity index (χ2n) is 3.82. The SMILES string of the molecule is CCNC(C)c1nnnn1-c1cc(Cl)ccc1Br. The predicted octanol–water partition coefficient (Wildman–Crippen LogP) is 2.75. The minimum Gasteiger partial charge on any atom is -0.308 e. The van der Waals surface area contributed by atoms with Gasteiger partial charge in [0.2, 0.25) is 0 Å². The van der Waals surface area contributed by atoms with Gasteiger partial charge < -0.3 is 5.32 Å². The van der Waals surface area contributed by atoms with E-state index >= 15 is 0 Å². The van der Waals surface area contributed by atoms with Crippen LogP contribution < -0.4 is 5.32 Å². The minimum absolute atomic E-state index is 0.0656. The van der Waals surface area contributed by atoms with Crippen LogP contribution in [0.2, 0.25) is 5.02 Å². The zero-order chi connectivity index (χ0) is 13.1. The molecule has 0 aliphatic heterocycles. The molecule has 0 aliphatic rings. The van der Waals surface area contributed by atoms with Crippen molar-refractivity contribution in [1.29, 1.82) is 0 Å². The molecule has 0 spiro atoms. The molecule has 0 fully saturated rings. The maximum Gasteiger partial charge on any atom is 0.173 e. The Kier molecular flexibility index (Phi) is 4.31. The lowest BCUT2D eigenvalue weighted by molar-refractivity contribution is 0.550. The molecule has 2 aromatic rings. The molecule has 1 aromatic heterocycles. The highest BCUT2D eigenvalue weighted by molar-refractivity contribution is 9.10. The topological polar surface area (TPSA) is 55.6 Å². The van der Waals surface area contributed by atoms with Crippen molar-refractivity contribution in [3.8, 4) is 5.69 Å². The van der Waals surface area contributed by atoms with E-state index in [1.54, 1.807) is 4.68 Å². The Bertz CT molecular complexity index is 542. The second kappa shape index (κ2) is 5.77. The van der Waals surface area contributed by atoms with Gasteiger partial charge in [-0.1, -0.05) is 18.5 Å². The van der Waals surface area contributed by atoms with Crippen LogP contribution in [0.3, 0.4) is 0 Å². The van der Waals surface area contributed by atoms with Crippen molar-refractivity contribution in [2.45, 2.75) is 19.9 Å². The molecule has 1 heterocycles. The Morgan fingerprint density at radius 3 is 3.00 bits per heavy atom. The van der Waals surface area contributed by atoms with Crippen LogP contribution in [0.15, 0.2) is 22.7 Å². The van der Waals surface area contributed by atoms with E-state index < -0.39 is 0 Å². The average molecular weight is 331 g/mol. The van der Waals surface area contributed by atoms with Crippen molar-refractivity contribution in [3.05, 3.63) is 33.5 Å². The number of hydrogen-bond donors (Lipinski definition) is 1. The molecule has 7 heteroatoms. The molecule has 0 radical (unpaired) electrons. The first-order valence-corrected chi connectivity index (χ1v) is 6.77. The monoisotopic (exact) mass is 329 g/mol. The molecule has 0 saturated carbocycles. The largest absolute Gasteiger partial charge is 0.308 e. The highest BCUT2D eigenvalue weighted by Gasteiger charge is 2.16. The van der Waals surface area contributed by atoms with Crippen LogP contribution in [0.4, 0.5) is 0 Å². The number of nitrogens with one attached hydrogen (secondary N) is 1. The number of halogens is 2. The highest BCUT2D eigenvalue weighted by atomic mass is 79.9. The molecular formula is C11H13BrClN5. The highest BCUT2D eigenvalue weighted by Crippen LogP contribution is 2.25. The van der Waals surface area contributed by atoms with Crippen molar-refractivity contribution >= 4 is 27.5 Å². The van der Waals surface area contributed by atoms with Crippen molar-refractivity contribution in [3.63, 3.8) is 0 Å². The third kappa shape index (κ3) is 2.71. The van der Waals surface area contributed by atoms with E-state index in [1.807, 2.05) is 32.0 Å². The molecule has 1 aromatic carbocycles. The first-order valence-electron chi connectivity index (χ1n) is 5.60. The van der Waals surface area contributed by atoms with Crippen molar-refractivity contribution < 1.29 is 0 Å². The normalized spacial score (nSPS) is 12.7. The third-order valence-corrected chi connectivity index (χ3v) is 3.43. The lowest BCUT2D eigenvalue weighted by Crippen LogP contribution is -2.21. The molecule has 2 rings (SSSR count). The average Bonchev–Trinajstić information content (AvgIpc) is 2.81. The number of rotatable bonds is 4. The lowest BCUT2D eigenvalue weighted by atomic mass is 10.3. The van der Waals surface area contributed by atoms with Gasteiger partial charge in [0.15, 0.2) is 5.82 Å². The number of benzene rings is 1. The van der Waals surface area contributed by atoms with E-state index in [0.29, 0.717) is 5.02 Å². The Balaban J connectivity index is 2.45. The Labute approximate surface area is 119 Å². The maximum absolute atomic E-state index is 6.01. The molecule has 1 atom stereocenters. The van der Waals surface area contributed by atoms with Gasteiger partial charge in [-0.05, 0) is 58.0 Å². The van der Waals surface area contributed by atoms with Crippen LogP contribution >= 0.6 is 27.5 Å². The smallest absolute Gasteiger partial charge is 0.173 e. The summed E-state index contributed by atoms with van der Waals surface area (Å²) >= 11 is 9.49. The van der Waals surface area contributed by atoms with Gasteiger partial charge in [0.25, 0.3) is 0 Å². The van der Waals surface area contributed by atoms with Crippen molar-refractivity contribution in [2.24, 2.45) is 0 Å². The molecule has 0 aliphatic carbocycles. The minimum atomic E-state index is 0.0656. The van der Waals surface area contributed by atoms with Crippen molar-refractivity contribution in [1.82, 2.24) is 25.5 Å². The van der Waals surface area contributed by atoms with Crippen molar-refractivity contribution in [2.75, 3.05) is 6.54 Å². The van der Waals surface area contributed by atoms with Gasteiger partial charge in [0.05, 0.1) is 11.7 Å². The van der Waals surface area contributed by atoms with Crippen LogP contribution in [0.1, 0.15) is 25.7 Å². The second-order valence-corrected chi connectivity index (χ2v) is 5.11. The summed E-state index contributed by atoms with van der Waals surface area (Å²) in [6, 6.07) is 5.58. The zero-order valence-corrected chi connectivity index (χ0v) is 12.4. The summed E-state index contributed by atoms with van der Waals surface area (Å²) in [7, 11) is 0. The van der Waals surface area contributed by atoms with Crippen LogP contribution in [0.5, 0.6) is 0 Å². The quantitative estimate of drug-likeness (QED) is 0.936. The fourth-order valence-corrected chi connectivity index (χ4v) is 2.26. The summed E-state index contributed by atoms with van der Waals surface area (Å²) < 4.78 is 2.58. The summed E-state index contributed by atoms with van der Waals surface area (Å²) in [6.07, 6.45) is 0. The predicted molar refractivity (Wildman–Crippen MR) is 74.0 cm³/mol. The number of hydrogen-bond acceptors (Lipinski definition) is 4. The van der Waals surface area contributed by atoms with Gasteiger partial charge in [0, 0.05) is 9.50 Å². The van der Waals surface area contributed by atoms with Gasteiger partial charge in [-0.25, -0.2) is 0 Å². The third-order valence-electron chi connectivity index (χ3n) is 2.53. The van der Waals surface area contributed by atoms with Crippen LogP contribution in [-0.2, 0) is 0 Å². The molecular weight excluding hydrogens is 318 g/mol. The first kappa shape index (κ1) is 13.5. The van der Waals surface area contributed by atoms with Crippen LogP contribution in [-0.4, -0.2) is 26.8 Å². The number of aromatic nitrogens is 4. The molecule has 0 bridgehead atoms. The van der Waals surface area contributed by atoms with Crippen LogP contribution in [0, 0.1) is 0 Å². The number of tetrazole rings is 1. The molecule has 0 saturated heterocycles. The molecule has 0 amide bonds. The van der Waals surface area contributed by atoms with Gasteiger partial charge in [-0.15, -0.1) is 5.10 Å². The first-order chi connectivity index (χ1) is 8.63. The van der Waals surface area contributed by atoms with E-state index in [4.69, 9.17) is 11.6 Å². The standard InChI is InChI=1S/C11H13BrClN5/c1-3-14-7(2)11-15-16-17-18(11)10-6-8(13)4-5-9(10)12/h4-7,14H,3H2,1-2H3. The summed E-state index contributed by atoms with van der Waals surface area (Å²) in [5.74, 6) is 0.750. The van der Waals surface area contributed by atoms with Gasteiger partial charge in [-0.3, -0.25) is 0 Å². The lowest BCUT2D eigenvalue weighted by Gasteiger charge is -2.13. The Morgan fingerprint density at radius 2 is 2.28 bits per heavy atom. The maximum atomic E-state index is 6.01. The van der Waals surface area contributed by atoms with E-state index in [2.05, 4.69) is 36.8 Å². The number of nitrogens with zero attached hydrogens (tertiary/aromatic N) is 4. The Morgan fingerprint density at radius 1 is 1.50 bits per heavy atom. The molecule has 1 N–H and O–H groups in total. The molecule has 1 unspecified atom stereocenters. The Hall–Kier alpha value is -0.980. The fraction of sp³-hybridized carbons (Fsp3) is 0.364.